The normalized spacial score (nSPS) is 13.0. The van der Waals surface area contributed by atoms with Crippen molar-refractivity contribution in [1.82, 2.24) is 19.5 Å². The van der Waals surface area contributed by atoms with Gasteiger partial charge in [0.1, 0.15) is 16.3 Å². The van der Waals surface area contributed by atoms with E-state index in [4.69, 9.17) is 11.6 Å². The molecule has 110 valence electrons. The number of alkyl halides is 1. The third-order valence-corrected chi connectivity index (χ3v) is 5.19. The fraction of sp³-hybridized carbons (Fsp3) is 0.400. The van der Waals surface area contributed by atoms with Crippen LogP contribution in [0.25, 0.3) is 11.2 Å². The van der Waals surface area contributed by atoms with E-state index in [1.165, 1.54) is 4.88 Å². The van der Waals surface area contributed by atoms with E-state index in [0.29, 0.717) is 5.88 Å². The van der Waals surface area contributed by atoms with Gasteiger partial charge in [0, 0.05) is 17.3 Å². The van der Waals surface area contributed by atoms with E-state index in [9.17, 15) is 0 Å². The molecular formula is C15H17ClN4S. The minimum absolute atomic E-state index is 0.0864. The number of rotatable bonds is 4. The van der Waals surface area contributed by atoms with Crippen molar-refractivity contribution >= 4 is 34.1 Å². The van der Waals surface area contributed by atoms with Gasteiger partial charge in [-0.3, -0.25) is 0 Å². The first-order chi connectivity index (χ1) is 10.2. The molecule has 3 rings (SSSR count). The second kappa shape index (κ2) is 5.73. The molecule has 0 amide bonds. The van der Waals surface area contributed by atoms with E-state index in [1.807, 2.05) is 25.4 Å². The molecule has 0 aliphatic carbocycles. The monoisotopic (exact) mass is 320 g/mol. The van der Waals surface area contributed by atoms with Crippen molar-refractivity contribution in [2.75, 3.05) is 0 Å². The summed E-state index contributed by atoms with van der Waals surface area (Å²) in [6.45, 7) is 6.31. The maximum Gasteiger partial charge on any atom is 0.160 e. The molecule has 6 heteroatoms. The lowest BCUT2D eigenvalue weighted by atomic mass is 10.2. The number of halogens is 1. The summed E-state index contributed by atoms with van der Waals surface area (Å²) in [4.78, 5) is 15.0. The third-order valence-electron chi connectivity index (χ3n) is 3.64. The van der Waals surface area contributed by atoms with Crippen LogP contribution in [0.5, 0.6) is 0 Å². The fourth-order valence-corrected chi connectivity index (χ4v) is 3.53. The van der Waals surface area contributed by atoms with Gasteiger partial charge < -0.3 is 4.57 Å². The highest BCUT2D eigenvalue weighted by molar-refractivity contribution is 7.11. The lowest BCUT2D eigenvalue weighted by Crippen LogP contribution is -2.10. The number of hydrogen-bond donors (Lipinski definition) is 0. The molecule has 0 saturated carbocycles. The van der Waals surface area contributed by atoms with Crippen LogP contribution in [0.1, 0.15) is 41.2 Å². The van der Waals surface area contributed by atoms with Crippen LogP contribution in [0.3, 0.4) is 0 Å². The van der Waals surface area contributed by atoms with Gasteiger partial charge >= 0.3 is 0 Å². The van der Waals surface area contributed by atoms with Crippen molar-refractivity contribution in [3.63, 3.8) is 0 Å². The lowest BCUT2D eigenvalue weighted by Gasteiger charge is -2.13. The van der Waals surface area contributed by atoms with E-state index in [-0.39, 0.29) is 6.04 Å². The van der Waals surface area contributed by atoms with Crippen molar-refractivity contribution in [3.8, 4) is 0 Å². The van der Waals surface area contributed by atoms with E-state index >= 15 is 0 Å². The molecule has 1 atom stereocenters. The zero-order valence-corrected chi connectivity index (χ0v) is 13.9. The summed E-state index contributed by atoms with van der Waals surface area (Å²) in [6, 6.07) is 2.06. The van der Waals surface area contributed by atoms with E-state index < -0.39 is 0 Å². The number of thiazole rings is 1. The minimum Gasteiger partial charge on any atom is -0.302 e. The Morgan fingerprint density at radius 2 is 2.19 bits per heavy atom. The summed E-state index contributed by atoms with van der Waals surface area (Å²) in [6.07, 6.45) is 4.78. The summed E-state index contributed by atoms with van der Waals surface area (Å²) in [5, 5.41) is 1.07. The van der Waals surface area contributed by atoms with Gasteiger partial charge in [0.05, 0.1) is 11.9 Å². The Bertz CT molecular complexity index is 777. The van der Waals surface area contributed by atoms with Crippen LogP contribution in [0.2, 0.25) is 0 Å². The predicted octanol–water partition coefficient (Wildman–Crippen LogP) is 4.11. The molecule has 0 aliphatic rings. The van der Waals surface area contributed by atoms with Gasteiger partial charge in [0.15, 0.2) is 5.65 Å². The van der Waals surface area contributed by atoms with Crippen LogP contribution in [0, 0.1) is 6.92 Å². The maximum atomic E-state index is 6.09. The quantitative estimate of drug-likeness (QED) is 0.679. The molecule has 3 aromatic heterocycles. The standard InChI is InChI=1S/C15H17ClN4S/c1-4-11-8-18-15(21-11)10(3)20-12(7-16)19-13-9(2)5-6-17-14(13)20/h5-6,8,10H,4,7H2,1-3H3. The van der Waals surface area contributed by atoms with Crippen LogP contribution < -0.4 is 0 Å². The molecular weight excluding hydrogens is 304 g/mol. The zero-order valence-electron chi connectivity index (χ0n) is 12.3. The van der Waals surface area contributed by atoms with Crippen molar-refractivity contribution in [2.24, 2.45) is 0 Å². The molecule has 0 spiro atoms. The van der Waals surface area contributed by atoms with Crippen LogP contribution in [0.4, 0.5) is 0 Å². The van der Waals surface area contributed by atoms with Gasteiger partial charge in [-0.05, 0) is 31.9 Å². The third kappa shape index (κ3) is 2.45. The summed E-state index contributed by atoms with van der Waals surface area (Å²) in [7, 11) is 0. The molecule has 0 aromatic carbocycles. The van der Waals surface area contributed by atoms with Crippen LogP contribution >= 0.6 is 22.9 Å². The van der Waals surface area contributed by atoms with Gasteiger partial charge in [-0.2, -0.15) is 0 Å². The van der Waals surface area contributed by atoms with E-state index in [2.05, 4.69) is 33.4 Å². The van der Waals surface area contributed by atoms with Crippen LogP contribution in [-0.4, -0.2) is 19.5 Å². The first kappa shape index (κ1) is 14.5. The Balaban J connectivity index is 2.16. The second-order valence-corrected chi connectivity index (χ2v) is 6.44. The van der Waals surface area contributed by atoms with E-state index in [0.717, 1.165) is 34.0 Å². The summed E-state index contributed by atoms with van der Waals surface area (Å²) < 4.78 is 2.10. The molecule has 0 saturated heterocycles. The summed E-state index contributed by atoms with van der Waals surface area (Å²) in [5.74, 6) is 1.21. The molecule has 3 aromatic rings. The van der Waals surface area contributed by atoms with Crippen molar-refractivity contribution in [2.45, 2.75) is 39.1 Å². The van der Waals surface area contributed by atoms with Gasteiger partial charge in [0.25, 0.3) is 0 Å². The smallest absolute Gasteiger partial charge is 0.160 e. The zero-order chi connectivity index (χ0) is 15.0. The largest absolute Gasteiger partial charge is 0.302 e. The second-order valence-electron chi connectivity index (χ2n) is 5.03. The molecule has 0 bridgehead atoms. The van der Waals surface area contributed by atoms with Crippen molar-refractivity contribution < 1.29 is 0 Å². The Morgan fingerprint density at radius 3 is 2.86 bits per heavy atom. The highest BCUT2D eigenvalue weighted by atomic mass is 35.5. The maximum absolute atomic E-state index is 6.09. The molecule has 4 nitrogen and oxygen atoms in total. The highest BCUT2D eigenvalue weighted by Crippen LogP contribution is 2.29. The Morgan fingerprint density at radius 1 is 1.38 bits per heavy atom. The number of aromatic nitrogens is 4. The Labute approximate surface area is 132 Å². The first-order valence-electron chi connectivity index (χ1n) is 6.98. The summed E-state index contributed by atoms with van der Waals surface area (Å²) >= 11 is 7.83. The van der Waals surface area contributed by atoms with Crippen LogP contribution in [0.15, 0.2) is 18.5 Å². The number of aryl methyl sites for hydroxylation is 2. The number of nitrogens with zero attached hydrogens (tertiary/aromatic N) is 4. The fourth-order valence-electron chi connectivity index (χ4n) is 2.45. The van der Waals surface area contributed by atoms with Gasteiger partial charge in [0.2, 0.25) is 0 Å². The lowest BCUT2D eigenvalue weighted by molar-refractivity contribution is 0.625. The number of fused-ring (bicyclic) bond motifs is 1. The summed E-state index contributed by atoms with van der Waals surface area (Å²) in [5.41, 5.74) is 2.92. The average molecular weight is 321 g/mol. The molecule has 3 heterocycles. The highest BCUT2D eigenvalue weighted by Gasteiger charge is 2.20. The Hall–Kier alpha value is -1.46. The Kier molecular flexibility index (Phi) is 3.95. The number of imidazole rings is 1. The molecule has 1 unspecified atom stereocenters. The minimum atomic E-state index is 0.0864. The topological polar surface area (TPSA) is 43.6 Å². The number of hydrogen-bond acceptors (Lipinski definition) is 4. The molecule has 0 N–H and O–H groups in total. The molecule has 0 fully saturated rings. The van der Waals surface area contributed by atoms with Gasteiger partial charge in [-0.15, -0.1) is 22.9 Å². The van der Waals surface area contributed by atoms with Crippen molar-refractivity contribution in [1.29, 1.82) is 0 Å². The van der Waals surface area contributed by atoms with E-state index in [1.54, 1.807) is 11.3 Å². The van der Waals surface area contributed by atoms with Crippen LogP contribution in [-0.2, 0) is 12.3 Å². The van der Waals surface area contributed by atoms with Crippen molar-refractivity contribution in [3.05, 3.63) is 39.7 Å². The number of pyridine rings is 1. The van der Waals surface area contributed by atoms with Gasteiger partial charge in [-0.1, -0.05) is 6.92 Å². The van der Waals surface area contributed by atoms with Gasteiger partial charge in [-0.25, -0.2) is 15.0 Å². The molecule has 0 aliphatic heterocycles. The molecule has 21 heavy (non-hydrogen) atoms. The SMILES string of the molecule is CCc1cnc(C(C)n2c(CCl)nc3c(C)ccnc32)s1. The average Bonchev–Trinajstić information content (AvgIpc) is 3.11. The predicted molar refractivity (Wildman–Crippen MR) is 87.1 cm³/mol. The first-order valence-corrected chi connectivity index (χ1v) is 8.33. The molecule has 0 radical (unpaired) electrons.